The topological polar surface area (TPSA) is 126 Å². The second kappa shape index (κ2) is 10.4. The van der Waals surface area contributed by atoms with Gasteiger partial charge in [0.15, 0.2) is 5.13 Å². The van der Waals surface area contributed by atoms with Crippen molar-refractivity contribution in [3.05, 3.63) is 59.5 Å². The number of rotatable bonds is 9. The largest absolute Gasteiger partial charge is 0.435 e. The summed E-state index contributed by atoms with van der Waals surface area (Å²) < 4.78 is 53.7. The van der Waals surface area contributed by atoms with Gasteiger partial charge in [-0.25, -0.2) is 13.4 Å². The zero-order chi connectivity index (χ0) is 24.0. The minimum Gasteiger partial charge on any atom is -0.435 e. The van der Waals surface area contributed by atoms with Gasteiger partial charge in [-0.1, -0.05) is 18.2 Å². The third-order valence-electron chi connectivity index (χ3n) is 3.97. The molecule has 3 rings (SSSR count). The molecule has 0 spiro atoms. The highest BCUT2D eigenvalue weighted by Crippen LogP contribution is 2.26. The Balaban J connectivity index is 1.54. The van der Waals surface area contributed by atoms with Gasteiger partial charge in [0.1, 0.15) is 5.75 Å². The van der Waals surface area contributed by atoms with Crippen LogP contribution in [0.1, 0.15) is 10.4 Å². The number of hydrogen-bond acceptors (Lipinski definition) is 7. The van der Waals surface area contributed by atoms with E-state index >= 15 is 0 Å². The molecule has 0 aliphatic heterocycles. The monoisotopic (exact) mass is 496 g/mol. The lowest BCUT2D eigenvalue weighted by atomic mass is 10.1. The van der Waals surface area contributed by atoms with Crippen LogP contribution in [0.5, 0.6) is 5.75 Å². The predicted octanol–water partition coefficient (Wildman–Crippen LogP) is 3.15. The van der Waals surface area contributed by atoms with E-state index in [1.165, 1.54) is 29.5 Å². The van der Waals surface area contributed by atoms with Gasteiger partial charge in [-0.3, -0.25) is 14.3 Å². The summed E-state index contributed by atoms with van der Waals surface area (Å²) >= 11 is 1.17. The molecule has 1 aromatic heterocycles. The lowest BCUT2D eigenvalue weighted by Crippen LogP contribution is -2.32. The van der Waals surface area contributed by atoms with Crippen LogP contribution < -0.4 is 20.1 Å². The highest BCUT2D eigenvalue weighted by Gasteiger charge is 2.13. The molecule has 0 atom stereocenters. The van der Waals surface area contributed by atoms with Crippen LogP contribution in [0.4, 0.5) is 19.6 Å². The fourth-order valence-electron chi connectivity index (χ4n) is 2.63. The van der Waals surface area contributed by atoms with Crippen LogP contribution in [-0.4, -0.2) is 44.6 Å². The Bertz CT molecular complexity index is 1250. The molecule has 2 amide bonds. The zero-order valence-corrected chi connectivity index (χ0v) is 18.7. The van der Waals surface area contributed by atoms with Crippen LogP contribution in [0, 0.1) is 0 Å². The van der Waals surface area contributed by atoms with Crippen molar-refractivity contribution in [1.82, 2.24) is 10.3 Å². The number of sulfonamides is 1. The molecular weight excluding hydrogens is 478 g/mol. The van der Waals surface area contributed by atoms with Crippen LogP contribution in [-0.2, 0) is 14.8 Å². The number of thiazole rings is 1. The molecule has 0 radical (unpaired) electrons. The van der Waals surface area contributed by atoms with E-state index < -0.39 is 28.4 Å². The first-order valence-corrected chi connectivity index (χ1v) is 12.0. The van der Waals surface area contributed by atoms with E-state index in [0.29, 0.717) is 22.1 Å². The van der Waals surface area contributed by atoms with Crippen LogP contribution in [0.3, 0.4) is 0 Å². The molecule has 0 saturated carbocycles. The number of carbonyl (C=O) groups is 2. The van der Waals surface area contributed by atoms with Crippen molar-refractivity contribution in [3.8, 4) is 17.0 Å². The summed E-state index contributed by atoms with van der Waals surface area (Å²) in [5, 5.41) is 6.96. The molecule has 0 aliphatic carbocycles. The number of halogens is 2. The normalized spacial score (nSPS) is 11.2. The maximum Gasteiger partial charge on any atom is 0.387 e. The SMILES string of the molecule is CS(=O)(=O)Nc1ccc(-c2csc(NC(=O)CNC(=O)c3cccc(OC(F)F)c3)n2)cc1. The maximum atomic E-state index is 12.3. The number of amides is 2. The third-order valence-corrected chi connectivity index (χ3v) is 5.33. The molecule has 33 heavy (non-hydrogen) atoms. The van der Waals surface area contributed by atoms with Crippen molar-refractivity contribution >= 4 is 44.0 Å². The second-order valence-corrected chi connectivity index (χ2v) is 9.23. The number of nitrogens with one attached hydrogen (secondary N) is 3. The molecule has 3 aromatic rings. The van der Waals surface area contributed by atoms with Crippen molar-refractivity contribution in [3.63, 3.8) is 0 Å². The van der Waals surface area contributed by atoms with Crippen LogP contribution in [0.2, 0.25) is 0 Å². The summed E-state index contributed by atoms with van der Waals surface area (Å²) in [6.07, 6.45) is 1.05. The number of ether oxygens (including phenoxy) is 1. The zero-order valence-electron chi connectivity index (χ0n) is 17.0. The Hall–Kier alpha value is -3.58. The average Bonchev–Trinajstić information content (AvgIpc) is 3.19. The average molecular weight is 497 g/mol. The third kappa shape index (κ3) is 7.50. The van der Waals surface area contributed by atoms with Gasteiger partial charge in [-0.05, 0) is 30.3 Å². The number of alkyl halides is 2. The Morgan fingerprint density at radius 1 is 1.15 bits per heavy atom. The number of hydrogen-bond donors (Lipinski definition) is 3. The molecule has 0 saturated heterocycles. The van der Waals surface area contributed by atoms with Gasteiger partial charge >= 0.3 is 6.61 Å². The molecule has 1 heterocycles. The number of benzene rings is 2. The van der Waals surface area contributed by atoms with Crippen molar-refractivity contribution in [2.75, 3.05) is 22.8 Å². The van der Waals surface area contributed by atoms with Crippen LogP contribution in [0.25, 0.3) is 11.3 Å². The summed E-state index contributed by atoms with van der Waals surface area (Å²) in [4.78, 5) is 28.6. The molecule has 0 aliphatic rings. The van der Waals surface area contributed by atoms with Gasteiger partial charge in [0.25, 0.3) is 5.91 Å². The number of carbonyl (C=O) groups excluding carboxylic acids is 2. The smallest absolute Gasteiger partial charge is 0.387 e. The van der Waals surface area contributed by atoms with Crippen molar-refractivity contribution in [2.45, 2.75) is 6.61 Å². The molecule has 0 bridgehead atoms. The fourth-order valence-corrected chi connectivity index (χ4v) is 3.93. The Kier molecular flexibility index (Phi) is 7.55. The van der Waals surface area contributed by atoms with Gasteiger partial charge in [0.2, 0.25) is 15.9 Å². The van der Waals surface area contributed by atoms with Gasteiger partial charge in [0.05, 0.1) is 18.5 Å². The summed E-state index contributed by atoms with van der Waals surface area (Å²) in [7, 11) is -3.38. The minimum atomic E-state index is -3.38. The lowest BCUT2D eigenvalue weighted by Gasteiger charge is -2.08. The van der Waals surface area contributed by atoms with Crippen molar-refractivity contribution in [1.29, 1.82) is 0 Å². The van der Waals surface area contributed by atoms with E-state index in [2.05, 4.69) is 25.1 Å². The predicted molar refractivity (Wildman–Crippen MR) is 120 cm³/mol. The Morgan fingerprint density at radius 3 is 2.55 bits per heavy atom. The van der Waals surface area contributed by atoms with Crippen LogP contribution in [0.15, 0.2) is 53.9 Å². The second-order valence-electron chi connectivity index (χ2n) is 6.63. The maximum absolute atomic E-state index is 12.3. The van der Waals surface area contributed by atoms with Crippen molar-refractivity contribution < 1.29 is 31.5 Å². The first-order valence-electron chi connectivity index (χ1n) is 9.26. The summed E-state index contributed by atoms with van der Waals surface area (Å²) in [5.74, 6) is -1.33. The molecule has 13 heteroatoms. The van der Waals surface area contributed by atoms with E-state index in [-0.39, 0.29) is 17.9 Å². The van der Waals surface area contributed by atoms with E-state index in [4.69, 9.17) is 0 Å². The van der Waals surface area contributed by atoms with E-state index in [0.717, 1.165) is 12.3 Å². The molecule has 3 N–H and O–H groups in total. The van der Waals surface area contributed by atoms with E-state index in [9.17, 15) is 26.8 Å². The van der Waals surface area contributed by atoms with Crippen LogP contribution >= 0.6 is 11.3 Å². The lowest BCUT2D eigenvalue weighted by molar-refractivity contribution is -0.115. The van der Waals surface area contributed by atoms with Gasteiger partial charge in [-0.15, -0.1) is 11.3 Å². The molecule has 174 valence electrons. The summed E-state index contributed by atoms with van der Waals surface area (Å²) in [5.41, 5.74) is 1.75. The minimum absolute atomic E-state index is 0.0614. The number of anilines is 2. The first kappa shape index (κ1) is 24.1. The molecule has 0 fully saturated rings. The van der Waals surface area contributed by atoms with E-state index in [1.54, 1.807) is 29.6 Å². The van der Waals surface area contributed by atoms with Gasteiger partial charge < -0.3 is 15.4 Å². The van der Waals surface area contributed by atoms with E-state index in [1.807, 2.05) is 0 Å². The molecule has 2 aromatic carbocycles. The first-order chi connectivity index (χ1) is 15.6. The standard InChI is InChI=1S/C20H18F2N4O5S2/c1-33(29,30)26-14-7-5-12(6-8-14)16-11-32-20(24-16)25-17(27)10-23-18(28)13-3-2-4-15(9-13)31-19(21)22/h2-9,11,19,26H,10H2,1H3,(H,23,28)(H,24,25,27). The Morgan fingerprint density at radius 2 is 1.88 bits per heavy atom. The Labute approximate surface area is 191 Å². The van der Waals surface area contributed by atoms with Crippen molar-refractivity contribution in [2.24, 2.45) is 0 Å². The highest BCUT2D eigenvalue weighted by atomic mass is 32.2. The number of aromatic nitrogens is 1. The van der Waals surface area contributed by atoms with Gasteiger partial charge in [0, 0.05) is 22.2 Å². The summed E-state index contributed by atoms with van der Waals surface area (Å²) in [6, 6.07) is 11.7. The molecule has 0 unspecified atom stereocenters. The number of nitrogens with zero attached hydrogens (tertiary/aromatic N) is 1. The highest BCUT2D eigenvalue weighted by molar-refractivity contribution is 7.92. The van der Waals surface area contributed by atoms with Gasteiger partial charge in [-0.2, -0.15) is 8.78 Å². The molecular formula is C20H18F2N4O5S2. The summed E-state index contributed by atoms with van der Waals surface area (Å²) in [6.45, 7) is -3.38. The molecule has 9 nitrogen and oxygen atoms in total. The quantitative estimate of drug-likeness (QED) is 0.418. The fraction of sp³-hybridized carbons (Fsp3) is 0.150.